The summed E-state index contributed by atoms with van der Waals surface area (Å²) in [6.07, 6.45) is 7.27. The lowest BCUT2D eigenvalue weighted by molar-refractivity contribution is -0.126. The molecule has 23 heavy (non-hydrogen) atoms. The number of hydrogen-bond donors (Lipinski definition) is 2. The van der Waals surface area contributed by atoms with Crippen LogP contribution in [0.4, 0.5) is 5.82 Å². The maximum Gasteiger partial charge on any atom is 0.223 e. The molecule has 1 atom stereocenters. The summed E-state index contributed by atoms with van der Waals surface area (Å²) in [5.41, 5.74) is 0. The van der Waals surface area contributed by atoms with Crippen LogP contribution in [-0.4, -0.2) is 40.6 Å². The summed E-state index contributed by atoms with van der Waals surface area (Å²) in [7, 11) is 0. The molecule has 1 unspecified atom stereocenters. The summed E-state index contributed by atoms with van der Waals surface area (Å²) >= 11 is 0. The van der Waals surface area contributed by atoms with Gasteiger partial charge in [-0.15, -0.1) is 0 Å². The van der Waals surface area contributed by atoms with Crippen LogP contribution < -0.4 is 10.2 Å². The number of amides is 1. The van der Waals surface area contributed by atoms with Crippen molar-refractivity contribution in [2.45, 2.75) is 18.9 Å². The van der Waals surface area contributed by atoms with E-state index >= 15 is 0 Å². The first-order valence-electron chi connectivity index (χ1n) is 7.74. The fraction of sp³-hybridized carbons (Fsp3) is 0.438. The molecular formula is C16H20N4O3. The second-order valence-corrected chi connectivity index (χ2v) is 5.60. The van der Waals surface area contributed by atoms with Gasteiger partial charge >= 0.3 is 0 Å². The number of anilines is 1. The second kappa shape index (κ2) is 7.23. The van der Waals surface area contributed by atoms with Crippen LogP contribution in [0, 0.1) is 5.92 Å². The lowest BCUT2D eigenvalue weighted by Gasteiger charge is -2.31. The van der Waals surface area contributed by atoms with E-state index in [9.17, 15) is 9.90 Å². The van der Waals surface area contributed by atoms with Gasteiger partial charge in [-0.25, -0.2) is 4.98 Å². The first kappa shape index (κ1) is 15.5. The average molecular weight is 316 g/mol. The largest absolute Gasteiger partial charge is 0.467 e. The Morgan fingerprint density at radius 3 is 2.91 bits per heavy atom. The average Bonchev–Trinajstić information content (AvgIpc) is 3.15. The van der Waals surface area contributed by atoms with Crippen molar-refractivity contribution >= 4 is 11.7 Å². The maximum atomic E-state index is 12.2. The lowest BCUT2D eigenvalue weighted by atomic mass is 9.96. The molecule has 7 heteroatoms. The SMILES string of the molecule is O=C(NCC(O)c1ccco1)C1CCN(c2cnccn2)CC1. The molecule has 1 aliphatic rings. The summed E-state index contributed by atoms with van der Waals surface area (Å²) in [6.45, 7) is 1.71. The number of carbonyl (C=O) groups excluding carboxylic acids is 1. The first-order valence-corrected chi connectivity index (χ1v) is 7.74. The molecule has 0 aromatic carbocycles. The zero-order valence-electron chi connectivity index (χ0n) is 12.8. The number of piperidine rings is 1. The van der Waals surface area contributed by atoms with Gasteiger partial charge in [0.05, 0.1) is 19.0 Å². The van der Waals surface area contributed by atoms with Gasteiger partial charge in [-0.1, -0.05) is 0 Å². The maximum absolute atomic E-state index is 12.2. The van der Waals surface area contributed by atoms with Gasteiger partial charge in [-0.05, 0) is 25.0 Å². The van der Waals surface area contributed by atoms with Crippen LogP contribution >= 0.6 is 0 Å². The van der Waals surface area contributed by atoms with Crippen LogP contribution in [-0.2, 0) is 4.79 Å². The van der Waals surface area contributed by atoms with Crippen molar-refractivity contribution in [3.63, 3.8) is 0 Å². The van der Waals surface area contributed by atoms with Gasteiger partial charge < -0.3 is 19.7 Å². The zero-order valence-corrected chi connectivity index (χ0v) is 12.8. The van der Waals surface area contributed by atoms with Gasteiger partial charge in [0.15, 0.2) is 0 Å². The molecule has 0 bridgehead atoms. The van der Waals surface area contributed by atoms with Crippen molar-refractivity contribution in [1.82, 2.24) is 15.3 Å². The van der Waals surface area contributed by atoms with Gasteiger partial charge in [0.1, 0.15) is 17.7 Å². The molecule has 3 heterocycles. The zero-order chi connectivity index (χ0) is 16.1. The summed E-state index contributed by atoms with van der Waals surface area (Å²) in [6, 6.07) is 3.40. The minimum Gasteiger partial charge on any atom is -0.467 e. The second-order valence-electron chi connectivity index (χ2n) is 5.60. The highest BCUT2D eigenvalue weighted by Gasteiger charge is 2.26. The van der Waals surface area contributed by atoms with Crippen LogP contribution in [0.25, 0.3) is 0 Å². The van der Waals surface area contributed by atoms with Crippen LogP contribution in [0.3, 0.4) is 0 Å². The molecule has 1 amide bonds. The quantitative estimate of drug-likeness (QED) is 0.859. The minimum atomic E-state index is -0.811. The Labute approximate surface area is 134 Å². The number of nitrogens with one attached hydrogen (secondary N) is 1. The third-order valence-electron chi connectivity index (χ3n) is 4.08. The van der Waals surface area contributed by atoms with Gasteiger partial charge in [0, 0.05) is 31.4 Å². The van der Waals surface area contributed by atoms with Crippen molar-refractivity contribution in [2.24, 2.45) is 5.92 Å². The number of rotatable bonds is 5. The summed E-state index contributed by atoms with van der Waals surface area (Å²) in [4.78, 5) is 22.7. The summed E-state index contributed by atoms with van der Waals surface area (Å²) in [5.74, 6) is 1.25. The number of aromatic nitrogens is 2. The molecule has 2 aromatic heterocycles. The van der Waals surface area contributed by atoms with E-state index in [1.54, 1.807) is 30.7 Å². The Morgan fingerprint density at radius 2 is 2.26 bits per heavy atom. The van der Waals surface area contributed by atoms with E-state index < -0.39 is 6.10 Å². The summed E-state index contributed by atoms with van der Waals surface area (Å²) < 4.78 is 5.12. The van der Waals surface area contributed by atoms with E-state index in [4.69, 9.17) is 4.42 Å². The normalized spacial score (nSPS) is 17.0. The molecule has 1 saturated heterocycles. The van der Waals surface area contributed by atoms with Crippen LogP contribution in [0.5, 0.6) is 0 Å². The predicted octanol–water partition coefficient (Wildman–Crippen LogP) is 1.14. The smallest absolute Gasteiger partial charge is 0.223 e. The number of hydrogen-bond acceptors (Lipinski definition) is 6. The van der Waals surface area contributed by atoms with E-state index in [1.807, 2.05) is 0 Å². The lowest BCUT2D eigenvalue weighted by Crippen LogP contribution is -2.41. The van der Waals surface area contributed by atoms with Crippen molar-refractivity contribution < 1.29 is 14.3 Å². The highest BCUT2D eigenvalue weighted by Crippen LogP contribution is 2.21. The highest BCUT2D eigenvalue weighted by atomic mass is 16.4. The molecule has 0 spiro atoms. The standard InChI is InChI=1S/C16H20N4O3/c21-13(14-2-1-9-23-14)10-19-16(22)12-3-7-20(8-4-12)15-11-17-5-6-18-15/h1-2,5-6,9,11-13,21H,3-4,7-8,10H2,(H,19,22). The van der Waals surface area contributed by atoms with Crippen LogP contribution in [0.15, 0.2) is 41.4 Å². The minimum absolute atomic E-state index is 0.0191. The van der Waals surface area contributed by atoms with E-state index in [2.05, 4.69) is 20.2 Å². The molecule has 2 aromatic rings. The molecule has 0 aliphatic carbocycles. The van der Waals surface area contributed by atoms with Crippen molar-refractivity contribution in [1.29, 1.82) is 0 Å². The summed E-state index contributed by atoms with van der Waals surface area (Å²) in [5, 5.41) is 12.7. The Bertz CT molecular complexity index is 610. The van der Waals surface area contributed by atoms with Gasteiger partial charge in [0.25, 0.3) is 0 Å². The van der Waals surface area contributed by atoms with E-state index in [0.717, 1.165) is 31.7 Å². The molecule has 122 valence electrons. The molecule has 1 fully saturated rings. The fourth-order valence-corrected chi connectivity index (χ4v) is 2.75. The Morgan fingerprint density at radius 1 is 1.43 bits per heavy atom. The van der Waals surface area contributed by atoms with Crippen molar-refractivity contribution in [3.8, 4) is 0 Å². The molecule has 0 radical (unpaired) electrons. The van der Waals surface area contributed by atoms with Crippen molar-refractivity contribution in [3.05, 3.63) is 42.7 Å². The number of carbonyl (C=O) groups is 1. The predicted molar refractivity (Wildman–Crippen MR) is 83.6 cm³/mol. The topological polar surface area (TPSA) is 91.5 Å². The van der Waals surface area contributed by atoms with E-state index in [1.165, 1.54) is 6.26 Å². The third-order valence-corrected chi connectivity index (χ3v) is 4.08. The molecule has 0 saturated carbocycles. The van der Waals surface area contributed by atoms with Gasteiger partial charge in [-0.2, -0.15) is 0 Å². The van der Waals surface area contributed by atoms with Crippen LogP contribution in [0.1, 0.15) is 24.7 Å². The van der Waals surface area contributed by atoms with Gasteiger partial charge in [0.2, 0.25) is 5.91 Å². The van der Waals surface area contributed by atoms with Gasteiger partial charge in [-0.3, -0.25) is 9.78 Å². The molecule has 3 rings (SSSR count). The third kappa shape index (κ3) is 3.87. The van der Waals surface area contributed by atoms with E-state index in [0.29, 0.717) is 5.76 Å². The first-order chi connectivity index (χ1) is 11.2. The highest BCUT2D eigenvalue weighted by molar-refractivity contribution is 5.79. The number of aliphatic hydroxyl groups excluding tert-OH is 1. The van der Waals surface area contributed by atoms with E-state index in [-0.39, 0.29) is 18.4 Å². The molecule has 1 aliphatic heterocycles. The molecular weight excluding hydrogens is 296 g/mol. The molecule has 7 nitrogen and oxygen atoms in total. The fourth-order valence-electron chi connectivity index (χ4n) is 2.75. The number of nitrogens with zero attached hydrogens (tertiary/aromatic N) is 3. The Balaban J connectivity index is 1.45. The van der Waals surface area contributed by atoms with Crippen LogP contribution in [0.2, 0.25) is 0 Å². The molecule has 2 N–H and O–H groups in total. The monoisotopic (exact) mass is 316 g/mol. The Kier molecular flexibility index (Phi) is 4.87. The number of aliphatic hydroxyl groups is 1. The van der Waals surface area contributed by atoms with Crippen molar-refractivity contribution in [2.75, 3.05) is 24.5 Å². The Hall–Kier alpha value is -2.41. The number of furan rings is 1.